The second-order valence-electron chi connectivity index (χ2n) is 7.95. The maximum Gasteiger partial charge on any atom is 0.191 e. The third-order valence-corrected chi connectivity index (χ3v) is 5.80. The van der Waals surface area contributed by atoms with Crippen LogP contribution < -0.4 is 10.6 Å². The molecule has 27 heavy (non-hydrogen) atoms. The zero-order valence-corrected chi connectivity index (χ0v) is 18.2. The molecule has 1 fully saturated rings. The van der Waals surface area contributed by atoms with Gasteiger partial charge in [-0.15, -0.1) is 0 Å². The van der Waals surface area contributed by atoms with Crippen molar-refractivity contribution in [1.29, 1.82) is 0 Å². The molecule has 2 heterocycles. The zero-order valence-electron chi connectivity index (χ0n) is 18.2. The highest BCUT2D eigenvalue weighted by Gasteiger charge is 2.34. The molecule has 0 aliphatic carbocycles. The minimum Gasteiger partial charge on any atom is -0.381 e. The van der Waals surface area contributed by atoms with Crippen LogP contribution in [0.3, 0.4) is 0 Å². The molecule has 154 valence electrons. The van der Waals surface area contributed by atoms with Gasteiger partial charge in [0.2, 0.25) is 0 Å². The van der Waals surface area contributed by atoms with Crippen LogP contribution in [0.2, 0.25) is 0 Å². The van der Waals surface area contributed by atoms with Crippen molar-refractivity contribution in [3.05, 3.63) is 17.0 Å². The number of aliphatic imine (C=N–C) groups is 1. The van der Waals surface area contributed by atoms with Gasteiger partial charge in [0.15, 0.2) is 5.96 Å². The summed E-state index contributed by atoms with van der Waals surface area (Å²) in [6.45, 7) is 11.8. The summed E-state index contributed by atoms with van der Waals surface area (Å²) in [5.41, 5.74) is 3.75. The Bertz CT molecular complexity index is 631. The van der Waals surface area contributed by atoms with E-state index in [4.69, 9.17) is 9.73 Å². The molecule has 1 saturated heterocycles. The predicted molar refractivity (Wildman–Crippen MR) is 111 cm³/mol. The van der Waals surface area contributed by atoms with Crippen LogP contribution in [0.4, 0.5) is 0 Å². The van der Waals surface area contributed by atoms with Gasteiger partial charge in [0, 0.05) is 44.1 Å². The van der Waals surface area contributed by atoms with Crippen molar-refractivity contribution in [2.75, 3.05) is 40.4 Å². The number of likely N-dealkylation sites (N-methyl/N-ethyl adjacent to an activating group) is 1. The number of aryl methyl sites for hydroxylation is 2. The number of guanidine groups is 1. The Morgan fingerprint density at radius 2 is 2.00 bits per heavy atom. The van der Waals surface area contributed by atoms with E-state index in [0.29, 0.717) is 0 Å². The second-order valence-corrected chi connectivity index (χ2v) is 7.95. The lowest BCUT2D eigenvalue weighted by molar-refractivity contribution is -0.00255. The van der Waals surface area contributed by atoms with Gasteiger partial charge in [0.05, 0.1) is 12.2 Å². The predicted octanol–water partition coefficient (Wildman–Crippen LogP) is 1.63. The molecule has 2 rings (SSSR count). The highest BCUT2D eigenvalue weighted by molar-refractivity contribution is 5.80. The summed E-state index contributed by atoms with van der Waals surface area (Å²) in [5.74, 6) is 0.886. The highest BCUT2D eigenvalue weighted by Crippen LogP contribution is 2.26. The summed E-state index contributed by atoms with van der Waals surface area (Å²) in [4.78, 5) is 7.25. The Morgan fingerprint density at radius 1 is 1.33 bits per heavy atom. The van der Waals surface area contributed by atoms with Gasteiger partial charge < -0.3 is 20.3 Å². The normalized spacial score (nSPS) is 18.6. The van der Waals surface area contributed by atoms with Crippen LogP contribution in [0.15, 0.2) is 4.99 Å². The van der Waals surface area contributed by atoms with E-state index in [2.05, 4.69) is 62.4 Å². The largest absolute Gasteiger partial charge is 0.381 e. The van der Waals surface area contributed by atoms with Crippen LogP contribution in [-0.4, -0.2) is 72.6 Å². The van der Waals surface area contributed by atoms with Crippen molar-refractivity contribution in [3.63, 3.8) is 0 Å². The summed E-state index contributed by atoms with van der Waals surface area (Å²) in [6, 6.07) is 0.273. The summed E-state index contributed by atoms with van der Waals surface area (Å²) in [6.07, 6.45) is 2.97. The van der Waals surface area contributed by atoms with Crippen molar-refractivity contribution in [2.45, 2.75) is 58.5 Å². The van der Waals surface area contributed by atoms with E-state index in [-0.39, 0.29) is 11.6 Å². The number of hydrogen-bond donors (Lipinski definition) is 2. The standard InChI is InChI=1S/C20H38N6O/c1-8-21-19(22-14-20(25(5)6)9-11-27-12-10-20)23-15(2)13-18-16(3)24-26(7)17(18)4/h15H,8-14H2,1-7H3,(H2,21,22,23). The van der Waals surface area contributed by atoms with Crippen molar-refractivity contribution in [1.82, 2.24) is 25.3 Å². The minimum absolute atomic E-state index is 0.0837. The van der Waals surface area contributed by atoms with E-state index < -0.39 is 0 Å². The van der Waals surface area contributed by atoms with E-state index in [0.717, 1.165) is 57.2 Å². The average Bonchev–Trinajstić information content (AvgIpc) is 2.86. The number of ether oxygens (including phenoxy) is 1. The van der Waals surface area contributed by atoms with Gasteiger partial charge >= 0.3 is 0 Å². The van der Waals surface area contributed by atoms with E-state index in [1.165, 1.54) is 11.3 Å². The Balaban J connectivity index is 2.05. The second kappa shape index (κ2) is 9.55. The average molecular weight is 379 g/mol. The maximum absolute atomic E-state index is 5.57. The van der Waals surface area contributed by atoms with Gasteiger partial charge in [-0.1, -0.05) is 0 Å². The van der Waals surface area contributed by atoms with Gasteiger partial charge in [-0.25, -0.2) is 0 Å². The maximum atomic E-state index is 5.57. The highest BCUT2D eigenvalue weighted by atomic mass is 16.5. The quantitative estimate of drug-likeness (QED) is 0.558. The SMILES string of the molecule is CCNC(=NCC1(N(C)C)CCOCC1)NC(C)Cc1c(C)nn(C)c1C. The first-order chi connectivity index (χ1) is 12.8. The summed E-state index contributed by atoms with van der Waals surface area (Å²) in [7, 11) is 6.31. The summed E-state index contributed by atoms with van der Waals surface area (Å²) in [5, 5.41) is 11.5. The Morgan fingerprint density at radius 3 is 2.52 bits per heavy atom. The molecule has 1 aliphatic heterocycles. The van der Waals surface area contributed by atoms with Crippen LogP contribution in [-0.2, 0) is 18.2 Å². The zero-order chi connectivity index (χ0) is 20.0. The van der Waals surface area contributed by atoms with Crippen molar-refractivity contribution in [2.24, 2.45) is 12.0 Å². The van der Waals surface area contributed by atoms with Crippen LogP contribution in [0.1, 0.15) is 43.6 Å². The van der Waals surface area contributed by atoms with E-state index in [9.17, 15) is 0 Å². The molecule has 1 unspecified atom stereocenters. The molecule has 0 amide bonds. The lowest BCUT2D eigenvalue weighted by Gasteiger charge is -2.41. The van der Waals surface area contributed by atoms with Gasteiger partial charge in [-0.3, -0.25) is 9.67 Å². The van der Waals surface area contributed by atoms with E-state index >= 15 is 0 Å². The summed E-state index contributed by atoms with van der Waals surface area (Å²) >= 11 is 0. The van der Waals surface area contributed by atoms with E-state index in [1.807, 2.05) is 11.7 Å². The van der Waals surface area contributed by atoms with Crippen LogP contribution in [0, 0.1) is 13.8 Å². The number of nitrogens with zero attached hydrogens (tertiary/aromatic N) is 4. The fourth-order valence-electron chi connectivity index (χ4n) is 3.75. The first-order valence-corrected chi connectivity index (χ1v) is 10.1. The van der Waals surface area contributed by atoms with Gasteiger partial charge in [-0.2, -0.15) is 5.10 Å². The molecule has 0 spiro atoms. The Kier molecular flexibility index (Phi) is 7.68. The number of rotatable bonds is 7. The molecule has 0 saturated carbocycles. The molecule has 7 heteroatoms. The molecule has 0 radical (unpaired) electrons. The Hall–Kier alpha value is -1.60. The monoisotopic (exact) mass is 378 g/mol. The first-order valence-electron chi connectivity index (χ1n) is 10.1. The molecule has 1 aromatic heterocycles. The van der Waals surface area contributed by atoms with E-state index in [1.54, 1.807) is 0 Å². The lowest BCUT2D eigenvalue weighted by atomic mass is 9.89. The topological polar surface area (TPSA) is 66.7 Å². The molecule has 7 nitrogen and oxygen atoms in total. The fourth-order valence-corrected chi connectivity index (χ4v) is 3.75. The van der Waals surface area contributed by atoms with Crippen LogP contribution in [0.5, 0.6) is 0 Å². The molecular weight excluding hydrogens is 340 g/mol. The van der Waals surface area contributed by atoms with Crippen molar-refractivity contribution < 1.29 is 4.74 Å². The summed E-state index contributed by atoms with van der Waals surface area (Å²) < 4.78 is 7.53. The molecular formula is C20H38N6O. The molecule has 2 N–H and O–H groups in total. The smallest absolute Gasteiger partial charge is 0.191 e. The third-order valence-electron chi connectivity index (χ3n) is 5.80. The molecule has 0 bridgehead atoms. The van der Waals surface area contributed by atoms with Gasteiger partial charge in [0.1, 0.15) is 0 Å². The number of nitrogens with one attached hydrogen (secondary N) is 2. The minimum atomic E-state index is 0.0837. The van der Waals surface area contributed by atoms with Crippen LogP contribution >= 0.6 is 0 Å². The van der Waals surface area contributed by atoms with Crippen molar-refractivity contribution in [3.8, 4) is 0 Å². The van der Waals surface area contributed by atoms with Crippen LogP contribution in [0.25, 0.3) is 0 Å². The molecule has 1 atom stereocenters. The first kappa shape index (κ1) is 21.7. The fraction of sp³-hybridized carbons (Fsp3) is 0.800. The van der Waals surface area contributed by atoms with Gasteiger partial charge in [0.25, 0.3) is 0 Å². The lowest BCUT2D eigenvalue weighted by Crippen LogP contribution is -2.52. The molecule has 0 aromatic carbocycles. The molecule has 1 aliphatic rings. The van der Waals surface area contributed by atoms with Gasteiger partial charge in [-0.05, 0) is 66.6 Å². The number of aromatic nitrogens is 2. The Labute approximate surface area is 164 Å². The third kappa shape index (κ3) is 5.45. The molecule has 1 aromatic rings. The number of hydrogen-bond acceptors (Lipinski definition) is 4. The van der Waals surface area contributed by atoms with Crippen molar-refractivity contribution >= 4 is 5.96 Å².